The Kier molecular flexibility index (Phi) is 4.31. The summed E-state index contributed by atoms with van der Waals surface area (Å²) in [5, 5.41) is 9.31. The number of benzene rings is 1. The molecule has 1 aliphatic rings. The van der Waals surface area contributed by atoms with Gasteiger partial charge in [-0.05, 0) is 36.1 Å². The van der Waals surface area contributed by atoms with Crippen LogP contribution in [0.5, 0.6) is 0 Å². The van der Waals surface area contributed by atoms with E-state index < -0.39 is 0 Å². The summed E-state index contributed by atoms with van der Waals surface area (Å²) in [5.74, 6) is 7.96. The maximum absolute atomic E-state index is 6.27. The molecule has 0 saturated heterocycles. The number of aromatic nitrogens is 7. The highest BCUT2D eigenvalue weighted by atomic mass is 35.5. The van der Waals surface area contributed by atoms with E-state index in [1.807, 2.05) is 27.3 Å². The van der Waals surface area contributed by atoms with Crippen LogP contribution in [0, 0.1) is 11.8 Å². The van der Waals surface area contributed by atoms with Gasteiger partial charge in [0.1, 0.15) is 18.6 Å². The van der Waals surface area contributed by atoms with Crippen LogP contribution in [-0.2, 0) is 17.9 Å². The quantitative estimate of drug-likeness (QED) is 0.421. The van der Waals surface area contributed by atoms with Crippen LogP contribution in [0.4, 0.5) is 0 Å². The molecule has 0 bridgehead atoms. The van der Waals surface area contributed by atoms with Crippen LogP contribution in [0.1, 0.15) is 23.0 Å². The molecule has 9 heteroatoms. The molecule has 0 aliphatic carbocycles. The van der Waals surface area contributed by atoms with Crippen molar-refractivity contribution < 1.29 is 4.74 Å². The molecule has 29 heavy (non-hydrogen) atoms. The van der Waals surface area contributed by atoms with E-state index in [-0.39, 0.29) is 0 Å². The molecule has 3 aromatic heterocycles. The third kappa shape index (κ3) is 3.06. The van der Waals surface area contributed by atoms with Crippen LogP contribution in [0.15, 0.2) is 43.0 Å². The molecule has 5 rings (SSSR count). The van der Waals surface area contributed by atoms with Crippen molar-refractivity contribution in [1.29, 1.82) is 0 Å². The minimum Gasteiger partial charge on any atom is -0.377 e. The number of rotatable bonds is 2. The highest BCUT2D eigenvalue weighted by Gasteiger charge is 2.25. The minimum absolute atomic E-state index is 0.343. The molecule has 1 aliphatic heterocycles. The van der Waals surface area contributed by atoms with Gasteiger partial charge in [0.2, 0.25) is 5.82 Å². The first-order valence-electron chi connectivity index (χ1n) is 8.81. The van der Waals surface area contributed by atoms with Gasteiger partial charge in [0.05, 0.1) is 17.9 Å². The molecule has 142 valence electrons. The second-order valence-electron chi connectivity index (χ2n) is 6.35. The van der Waals surface area contributed by atoms with E-state index >= 15 is 0 Å². The molecule has 0 N–H and O–H groups in total. The maximum Gasteiger partial charge on any atom is 0.205 e. The maximum atomic E-state index is 6.27. The molecule has 1 aromatic carbocycles. The van der Waals surface area contributed by atoms with Gasteiger partial charge in [0, 0.05) is 30.1 Å². The van der Waals surface area contributed by atoms with Crippen molar-refractivity contribution in [2.75, 3.05) is 7.11 Å². The molecular weight excluding hydrogens is 390 g/mol. The van der Waals surface area contributed by atoms with E-state index in [0.717, 1.165) is 22.8 Å². The Balaban J connectivity index is 1.70. The fraction of sp³-hybridized carbons (Fsp3) is 0.150. The summed E-state index contributed by atoms with van der Waals surface area (Å²) in [6.45, 7) is 0.836. The summed E-state index contributed by atoms with van der Waals surface area (Å²) in [4.78, 5) is 12.8. The largest absolute Gasteiger partial charge is 0.377 e. The average Bonchev–Trinajstić information content (AvgIpc) is 3.29. The van der Waals surface area contributed by atoms with Crippen molar-refractivity contribution in [2.24, 2.45) is 0 Å². The van der Waals surface area contributed by atoms with Gasteiger partial charge in [-0.15, -0.1) is 10.2 Å². The van der Waals surface area contributed by atoms with Gasteiger partial charge in [-0.25, -0.2) is 15.0 Å². The van der Waals surface area contributed by atoms with Crippen LogP contribution < -0.4 is 0 Å². The molecule has 0 amide bonds. The van der Waals surface area contributed by atoms with Crippen molar-refractivity contribution in [1.82, 2.24) is 34.3 Å². The van der Waals surface area contributed by atoms with Gasteiger partial charge in [-0.1, -0.05) is 11.6 Å². The van der Waals surface area contributed by atoms with Crippen LogP contribution in [0.3, 0.4) is 0 Å². The number of halogens is 1. The van der Waals surface area contributed by atoms with Gasteiger partial charge in [-0.3, -0.25) is 4.57 Å². The summed E-state index contributed by atoms with van der Waals surface area (Å²) in [6.07, 6.45) is 5.07. The van der Waals surface area contributed by atoms with E-state index in [0.29, 0.717) is 35.5 Å². The number of fused-ring (bicyclic) bond motifs is 5. The SMILES string of the molecule is COCc1nnc2n1Cc1c(C#Cc3ncccn3)ncn1-c1ccc(Cl)cc1-2. The van der Waals surface area contributed by atoms with E-state index in [4.69, 9.17) is 16.3 Å². The lowest BCUT2D eigenvalue weighted by Crippen LogP contribution is -2.09. The summed E-state index contributed by atoms with van der Waals surface area (Å²) < 4.78 is 9.30. The van der Waals surface area contributed by atoms with Crippen LogP contribution in [-0.4, -0.2) is 41.4 Å². The molecule has 4 aromatic rings. The molecule has 0 fully saturated rings. The molecule has 8 nitrogen and oxygen atoms in total. The molecule has 0 atom stereocenters. The van der Waals surface area contributed by atoms with Gasteiger partial charge >= 0.3 is 0 Å². The zero-order chi connectivity index (χ0) is 19.8. The van der Waals surface area contributed by atoms with E-state index in [2.05, 4.69) is 37.0 Å². The Morgan fingerprint density at radius 2 is 2.00 bits per heavy atom. The normalized spacial score (nSPS) is 11.7. The Hall–Kier alpha value is -3.54. The Labute approximate surface area is 171 Å². The fourth-order valence-electron chi connectivity index (χ4n) is 3.30. The predicted molar refractivity (Wildman–Crippen MR) is 105 cm³/mol. The molecular formula is C20H14ClN7O. The monoisotopic (exact) mass is 403 g/mol. The Morgan fingerprint density at radius 1 is 1.14 bits per heavy atom. The van der Waals surface area contributed by atoms with Crippen LogP contribution in [0.25, 0.3) is 17.1 Å². The second-order valence-corrected chi connectivity index (χ2v) is 6.79. The highest BCUT2D eigenvalue weighted by molar-refractivity contribution is 6.31. The van der Waals surface area contributed by atoms with Crippen molar-refractivity contribution >= 4 is 11.6 Å². The van der Waals surface area contributed by atoms with Crippen molar-refractivity contribution in [2.45, 2.75) is 13.2 Å². The lowest BCUT2D eigenvalue weighted by atomic mass is 10.1. The van der Waals surface area contributed by atoms with Gasteiger partial charge in [-0.2, -0.15) is 0 Å². The van der Waals surface area contributed by atoms with Gasteiger partial charge in [0.25, 0.3) is 0 Å². The van der Waals surface area contributed by atoms with Crippen LogP contribution in [0.2, 0.25) is 5.02 Å². The average molecular weight is 404 g/mol. The summed E-state index contributed by atoms with van der Waals surface area (Å²) in [5.41, 5.74) is 3.33. The molecule has 0 spiro atoms. The third-order valence-electron chi connectivity index (χ3n) is 4.59. The van der Waals surface area contributed by atoms with Crippen molar-refractivity contribution in [3.05, 3.63) is 71.0 Å². The number of imidazole rings is 1. The van der Waals surface area contributed by atoms with E-state index in [1.165, 1.54) is 0 Å². The van der Waals surface area contributed by atoms with E-state index in [9.17, 15) is 0 Å². The molecule has 0 saturated carbocycles. The standard InChI is InChI=1S/C20H14ClN7O/c1-29-11-19-25-26-20-14-9-13(21)3-5-16(14)28-12-24-15(17(28)10-27(19)20)4-6-18-22-7-2-8-23-18/h2-3,5,7-9,12H,10-11H2,1H3. The second kappa shape index (κ2) is 7.13. The first-order valence-corrected chi connectivity index (χ1v) is 9.19. The lowest BCUT2D eigenvalue weighted by molar-refractivity contribution is 0.174. The lowest BCUT2D eigenvalue weighted by Gasteiger charge is -2.08. The topological polar surface area (TPSA) is 83.5 Å². The number of hydrogen-bond acceptors (Lipinski definition) is 6. The Morgan fingerprint density at radius 3 is 2.83 bits per heavy atom. The number of nitrogens with zero attached hydrogens (tertiary/aromatic N) is 7. The van der Waals surface area contributed by atoms with E-state index in [1.54, 1.807) is 31.9 Å². The molecule has 0 radical (unpaired) electrons. The fourth-order valence-corrected chi connectivity index (χ4v) is 3.47. The highest BCUT2D eigenvalue weighted by Crippen LogP contribution is 2.34. The van der Waals surface area contributed by atoms with Gasteiger partial charge < -0.3 is 9.30 Å². The smallest absolute Gasteiger partial charge is 0.205 e. The van der Waals surface area contributed by atoms with Crippen LogP contribution >= 0.6 is 11.6 Å². The summed E-state index contributed by atoms with van der Waals surface area (Å²) in [7, 11) is 1.63. The van der Waals surface area contributed by atoms with Gasteiger partial charge in [0.15, 0.2) is 11.6 Å². The zero-order valence-electron chi connectivity index (χ0n) is 15.4. The first kappa shape index (κ1) is 17.6. The minimum atomic E-state index is 0.343. The molecule has 4 heterocycles. The number of methoxy groups -OCH3 is 1. The van der Waals surface area contributed by atoms with Crippen molar-refractivity contribution in [3.63, 3.8) is 0 Å². The number of hydrogen-bond donors (Lipinski definition) is 0. The Bertz CT molecular complexity index is 1270. The first-order chi connectivity index (χ1) is 14.2. The number of ether oxygens (including phenoxy) is 1. The zero-order valence-corrected chi connectivity index (χ0v) is 16.1. The summed E-state index contributed by atoms with van der Waals surface area (Å²) >= 11 is 6.27. The predicted octanol–water partition coefficient (Wildman–Crippen LogP) is 2.48. The summed E-state index contributed by atoms with van der Waals surface area (Å²) in [6, 6.07) is 7.42. The third-order valence-corrected chi connectivity index (χ3v) is 4.83. The molecule has 0 unspecified atom stereocenters. The van der Waals surface area contributed by atoms with Crippen molar-refractivity contribution in [3.8, 4) is 28.9 Å².